The van der Waals surface area contributed by atoms with Gasteiger partial charge in [0.1, 0.15) is 5.69 Å². The SMILES string of the molecule is C[C@@H]1CN(C[C@@H](C)O)CCN1C(=O)c1ccc(Cl)cn1. The maximum absolute atomic E-state index is 12.4. The zero-order valence-electron chi connectivity index (χ0n) is 11.8. The molecule has 1 fully saturated rings. The van der Waals surface area contributed by atoms with E-state index in [-0.39, 0.29) is 18.1 Å². The van der Waals surface area contributed by atoms with Gasteiger partial charge in [-0.2, -0.15) is 0 Å². The second kappa shape index (κ2) is 6.52. The van der Waals surface area contributed by atoms with Crippen LogP contribution >= 0.6 is 11.6 Å². The topological polar surface area (TPSA) is 56.7 Å². The minimum atomic E-state index is -0.345. The molecule has 0 aliphatic carbocycles. The van der Waals surface area contributed by atoms with Crippen molar-refractivity contribution in [2.24, 2.45) is 0 Å². The van der Waals surface area contributed by atoms with E-state index in [1.165, 1.54) is 6.20 Å². The number of nitrogens with zero attached hydrogens (tertiary/aromatic N) is 3. The second-order valence-electron chi connectivity index (χ2n) is 5.32. The van der Waals surface area contributed by atoms with Crippen LogP contribution in [0.25, 0.3) is 0 Å². The van der Waals surface area contributed by atoms with Gasteiger partial charge in [0.05, 0.1) is 11.1 Å². The number of pyridine rings is 1. The number of carbonyl (C=O) groups is 1. The van der Waals surface area contributed by atoms with Gasteiger partial charge < -0.3 is 10.0 Å². The smallest absolute Gasteiger partial charge is 0.272 e. The van der Waals surface area contributed by atoms with Gasteiger partial charge in [-0.3, -0.25) is 9.69 Å². The average Bonchev–Trinajstić information content (AvgIpc) is 2.38. The number of carbonyl (C=O) groups excluding carboxylic acids is 1. The second-order valence-corrected chi connectivity index (χ2v) is 5.75. The van der Waals surface area contributed by atoms with Crippen LogP contribution in [-0.2, 0) is 0 Å². The lowest BCUT2D eigenvalue weighted by atomic mass is 10.1. The van der Waals surface area contributed by atoms with Crippen LogP contribution in [-0.4, -0.2) is 64.1 Å². The lowest BCUT2D eigenvalue weighted by Gasteiger charge is -2.40. The highest BCUT2D eigenvalue weighted by atomic mass is 35.5. The first kappa shape index (κ1) is 15.2. The summed E-state index contributed by atoms with van der Waals surface area (Å²) in [6, 6.07) is 3.43. The third kappa shape index (κ3) is 3.69. The highest BCUT2D eigenvalue weighted by Crippen LogP contribution is 2.14. The molecule has 0 bridgehead atoms. The van der Waals surface area contributed by atoms with Crippen molar-refractivity contribution in [3.05, 3.63) is 29.0 Å². The van der Waals surface area contributed by atoms with E-state index >= 15 is 0 Å². The largest absolute Gasteiger partial charge is 0.392 e. The molecule has 6 heteroatoms. The molecule has 1 aromatic heterocycles. The Labute approximate surface area is 124 Å². The molecule has 0 unspecified atom stereocenters. The molecule has 20 heavy (non-hydrogen) atoms. The van der Waals surface area contributed by atoms with Crippen LogP contribution in [0.1, 0.15) is 24.3 Å². The van der Waals surface area contributed by atoms with Crippen molar-refractivity contribution in [2.45, 2.75) is 26.0 Å². The number of hydrogen-bond donors (Lipinski definition) is 1. The number of hydrogen-bond acceptors (Lipinski definition) is 4. The summed E-state index contributed by atoms with van der Waals surface area (Å²) in [7, 11) is 0. The van der Waals surface area contributed by atoms with Crippen molar-refractivity contribution in [3.8, 4) is 0 Å². The quantitative estimate of drug-likeness (QED) is 0.913. The Morgan fingerprint density at radius 2 is 2.30 bits per heavy atom. The van der Waals surface area contributed by atoms with Gasteiger partial charge in [-0.1, -0.05) is 11.6 Å². The van der Waals surface area contributed by atoms with Crippen LogP contribution in [0.2, 0.25) is 5.02 Å². The lowest BCUT2D eigenvalue weighted by molar-refractivity contribution is 0.0378. The fraction of sp³-hybridized carbons (Fsp3) is 0.571. The summed E-state index contributed by atoms with van der Waals surface area (Å²) in [5, 5.41) is 9.95. The van der Waals surface area contributed by atoms with Crippen molar-refractivity contribution in [1.82, 2.24) is 14.8 Å². The summed E-state index contributed by atoms with van der Waals surface area (Å²) in [5.74, 6) is -0.0640. The van der Waals surface area contributed by atoms with E-state index in [9.17, 15) is 9.90 Å². The Balaban J connectivity index is 2.00. The highest BCUT2D eigenvalue weighted by molar-refractivity contribution is 6.30. The fourth-order valence-corrected chi connectivity index (χ4v) is 2.64. The van der Waals surface area contributed by atoms with Gasteiger partial charge in [-0.05, 0) is 26.0 Å². The molecule has 5 nitrogen and oxygen atoms in total. The monoisotopic (exact) mass is 297 g/mol. The van der Waals surface area contributed by atoms with E-state index < -0.39 is 0 Å². The summed E-state index contributed by atoms with van der Waals surface area (Å²) in [4.78, 5) is 20.5. The number of halogens is 1. The summed E-state index contributed by atoms with van der Waals surface area (Å²) >= 11 is 5.78. The summed E-state index contributed by atoms with van der Waals surface area (Å²) < 4.78 is 0. The van der Waals surface area contributed by atoms with E-state index in [0.29, 0.717) is 23.8 Å². The van der Waals surface area contributed by atoms with E-state index in [4.69, 9.17) is 11.6 Å². The normalized spacial score (nSPS) is 21.8. The molecule has 0 radical (unpaired) electrons. The number of β-amino-alcohol motifs (C(OH)–C–C–N with tert-alkyl or cyclic N) is 1. The van der Waals surface area contributed by atoms with Crippen LogP contribution in [0.4, 0.5) is 0 Å². The third-order valence-corrected chi connectivity index (χ3v) is 3.66. The standard InChI is InChI=1S/C14H20ClN3O2/c1-10-8-17(9-11(2)19)5-6-18(10)14(20)13-4-3-12(15)7-16-13/h3-4,7,10-11,19H,5-6,8-9H2,1-2H3/t10-,11-/m1/s1. The number of amides is 1. The van der Waals surface area contributed by atoms with E-state index in [1.807, 2.05) is 11.8 Å². The van der Waals surface area contributed by atoms with Crippen LogP contribution in [0.3, 0.4) is 0 Å². The molecular weight excluding hydrogens is 278 g/mol. The van der Waals surface area contributed by atoms with Crippen LogP contribution in [0, 0.1) is 0 Å². The van der Waals surface area contributed by atoms with Crippen molar-refractivity contribution < 1.29 is 9.90 Å². The van der Waals surface area contributed by atoms with Crippen molar-refractivity contribution in [3.63, 3.8) is 0 Å². The number of piperazine rings is 1. The lowest BCUT2D eigenvalue weighted by Crippen LogP contribution is -2.55. The Kier molecular flexibility index (Phi) is 4.96. The van der Waals surface area contributed by atoms with Gasteiger partial charge in [0.25, 0.3) is 5.91 Å². The number of aliphatic hydroxyl groups excluding tert-OH is 1. The third-order valence-electron chi connectivity index (χ3n) is 3.44. The first-order chi connectivity index (χ1) is 9.47. The molecule has 2 heterocycles. The molecule has 110 valence electrons. The molecule has 1 N–H and O–H groups in total. The molecule has 0 spiro atoms. The van der Waals surface area contributed by atoms with Crippen LogP contribution in [0.15, 0.2) is 18.3 Å². The van der Waals surface area contributed by atoms with Crippen LogP contribution in [0.5, 0.6) is 0 Å². The van der Waals surface area contributed by atoms with Crippen molar-refractivity contribution >= 4 is 17.5 Å². The first-order valence-corrected chi connectivity index (χ1v) is 7.18. The molecule has 1 aliphatic rings. The molecule has 2 atom stereocenters. The predicted octanol–water partition coefficient (Wildman–Crippen LogP) is 1.26. The summed E-state index contributed by atoms with van der Waals surface area (Å²) in [5.41, 5.74) is 0.422. The molecule has 1 aliphatic heterocycles. The number of aliphatic hydroxyl groups is 1. The molecular formula is C14H20ClN3O2. The van der Waals surface area contributed by atoms with E-state index in [2.05, 4.69) is 9.88 Å². The van der Waals surface area contributed by atoms with E-state index in [1.54, 1.807) is 19.1 Å². The number of rotatable bonds is 3. The van der Waals surface area contributed by atoms with Gasteiger partial charge in [-0.15, -0.1) is 0 Å². The minimum Gasteiger partial charge on any atom is -0.392 e. The molecule has 1 amide bonds. The van der Waals surface area contributed by atoms with Gasteiger partial charge >= 0.3 is 0 Å². The Morgan fingerprint density at radius 1 is 1.55 bits per heavy atom. The van der Waals surface area contributed by atoms with Crippen LogP contribution < -0.4 is 0 Å². The summed E-state index contributed by atoms with van der Waals surface area (Å²) in [6.07, 6.45) is 1.14. The number of aromatic nitrogens is 1. The molecule has 1 aromatic rings. The highest BCUT2D eigenvalue weighted by Gasteiger charge is 2.28. The maximum Gasteiger partial charge on any atom is 0.272 e. The summed E-state index contributed by atoms with van der Waals surface area (Å²) in [6.45, 7) is 6.63. The zero-order chi connectivity index (χ0) is 14.7. The minimum absolute atomic E-state index is 0.0640. The molecule has 0 aromatic carbocycles. The molecule has 2 rings (SSSR count). The van der Waals surface area contributed by atoms with Gasteiger partial charge in [-0.25, -0.2) is 4.98 Å². The first-order valence-electron chi connectivity index (χ1n) is 6.80. The van der Waals surface area contributed by atoms with Crippen molar-refractivity contribution in [1.29, 1.82) is 0 Å². The Hall–Kier alpha value is -1.17. The predicted molar refractivity (Wildman–Crippen MR) is 77.9 cm³/mol. The average molecular weight is 298 g/mol. The van der Waals surface area contributed by atoms with E-state index in [0.717, 1.165) is 13.1 Å². The zero-order valence-corrected chi connectivity index (χ0v) is 12.5. The van der Waals surface area contributed by atoms with Gasteiger partial charge in [0, 0.05) is 38.4 Å². The van der Waals surface area contributed by atoms with Crippen molar-refractivity contribution in [2.75, 3.05) is 26.2 Å². The molecule has 1 saturated heterocycles. The molecule has 0 saturated carbocycles. The maximum atomic E-state index is 12.4. The Bertz CT molecular complexity index is 464. The Morgan fingerprint density at radius 3 is 2.85 bits per heavy atom. The van der Waals surface area contributed by atoms with Gasteiger partial charge in [0.15, 0.2) is 0 Å². The van der Waals surface area contributed by atoms with Gasteiger partial charge in [0.2, 0.25) is 0 Å². The fourth-order valence-electron chi connectivity index (χ4n) is 2.52.